The first-order valence-corrected chi connectivity index (χ1v) is 10.0. The zero-order chi connectivity index (χ0) is 19.8. The maximum absolute atomic E-state index is 14.7. The Hall–Kier alpha value is -1.62. The van der Waals surface area contributed by atoms with Crippen molar-refractivity contribution in [2.75, 3.05) is 7.11 Å². The number of hydrogen-bond acceptors (Lipinski definition) is 3. The van der Waals surface area contributed by atoms with Gasteiger partial charge in [-0.15, -0.1) is 0 Å². The first kappa shape index (κ1) is 20.1. The van der Waals surface area contributed by atoms with Crippen LogP contribution in [0.5, 0.6) is 5.75 Å². The van der Waals surface area contributed by atoms with E-state index in [9.17, 15) is 9.18 Å². The molecule has 4 nitrogen and oxygen atoms in total. The quantitative estimate of drug-likeness (QED) is 0.832. The third-order valence-corrected chi connectivity index (χ3v) is 6.31. The van der Waals surface area contributed by atoms with Crippen LogP contribution < -0.4 is 10.1 Å². The van der Waals surface area contributed by atoms with Gasteiger partial charge in [-0.05, 0) is 37.8 Å². The van der Waals surface area contributed by atoms with Crippen LogP contribution in [0.1, 0.15) is 65.0 Å². The molecule has 2 aliphatic rings. The fourth-order valence-electron chi connectivity index (χ4n) is 4.75. The molecule has 3 rings (SSSR count). The second-order valence-corrected chi connectivity index (χ2v) is 8.81. The lowest BCUT2D eigenvalue weighted by Gasteiger charge is -2.52. The van der Waals surface area contributed by atoms with Gasteiger partial charge in [0.15, 0.2) is 0 Å². The average molecular weight is 378 g/mol. The summed E-state index contributed by atoms with van der Waals surface area (Å²) in [5.41, 5.74) is 0.0317. The molecule has 1 heterocycles. The van der Waals surface area contributed by atoms with E-state index >= 15 is 0 Å². The average Bonchev–Trinajstić information content (AvgIpc) is 2.60. The van der Waals surface area contributed by atoms with Crippen molar-refractivity contribution in [2.45, 2.75) is 71.1 Å². The second kappa shape index (κ2) is 7.78. The number of hydrogen-bond donors (Lipinski definition) is 1. The Morgan fingerprint density at radius 1 is 1.37 bits per heavy atom. The van der Waals surface area contributed by atoms with Crippen molar-refractivity contribution in [1.82, 2.24) is 5.32 Å². The highest BCUT2D eigenvalue weighted by Crippen LogP contribution is 2.49. The number of fused-ring (bicyclic) bond motifs is 1. The maximum atomic E-state index is 14.7. The predicted molar refractivity (Wildman–Crippen MR) is 103 cm³/mol. The van der Waals surface area contributed by atoms with Crippen LogP contribution in [0, 0.1) is 23.6 Å². The minimum atomic E-state index is -0.440. The molecule has 1 aromatic carbocycles. The first-order valence-electron chi connectivity index (χ1n) is 10.0. The predicted octanol–water partition coefficient (Wildman–Crippen LogP) is 4.63. The van der Waals surface area contributed by atoms with Crippen molar-refractivity contribution in [1.29, 1.82) is 0 Å². The van der Waals surface area contributed by atoms with Crippen LogP contribution in [0.2, 0.25) is 0 Å². The Kier molecular flexibility index (Phi) is 5.80. The number of benzene rings is 1. The molecule has 1 saturated carbocycles. The lowest BCUT2D eigenvalue weighted by atomic mass is 9.66. The Morgan fingerprint density at radius 2 is 2.11 bits per heavy atom. The van der Waals surface area contributed by atoms with E-state index in [1.807, 2.05) is 13.8 Å². The van der Waals surface area contributed by atoms with Gasteiger partial charge in [0.1, 0.15) is 11.6 Å². The highest BCUT2D eigenvalue weighted by Gasteiger charge is 2.50. The summed E-state index contributed by atoms with van der Waals surface area (Å²) in [7, 11) is 1.55. The Balaban J connectivity index is 1.97. The molecule has 2 fully saturated rings. The SMILES string of the molecule is COc1cccc(F)c1[C@H]1C[C@@](C)(NC(=O)C(C)C)[C@@H]2CC[C@@H](C)C[C@H]2O1. The van der Waals surface area contributed by atoms with Crippen LogP contribution in [-0.2, 0) is 9.53 Å². The molecular weight excluding hydrogens is 345 g/mol. The molecule has 1 aliphatic heterocycles. The Labute approximate surface area is 161 Å². The Morgan fingerprint density at radius 3 is 2.78 bits per heavy atom. The van der Waals surface area contributed by atoms with Gasteiger partial charge in [0, 0.05) is 23.8 Å². The summed E-state index contributed by atoms with van der Waals surface area (Å²) in [5.74, 6) is 0.935. The van der Waals surface area contributed by atoms with Crippen LogP contribution >= 0.6 is 0 Å². The molecule has 0 spiro atoms. The van der Waals surface area contributed by atoms with Gasteiger partial charge in [-0.2, -0.15) is 0 Å². The third-order valence-electron chi connectivity index (χ3n) is 6.31. The molecule has 1 amide bonds. The highest BCUT2D eigenvalue weighted by atomic mass is 19.1. The number of nitrogens with one attached hydrogen (secondary N) is 1. The van der Waals surface area contributed by atoms with Crippen molar-refractivity contribution in [2.24, 2.45) is 17.8 Å². The van der Waals surface area contributed by atoms with Crippen molar-refractivity contribution >= 4 is 5.91 Å². The van der Waals surface area contributed by atoms with E-state index in [0.717, 1.165) is 19.3 Å². The second-order valence-electron chi connectivity index (χ2n) is 8.81. The summed E-state index contributed by atoms with van der Waals surface area (Å²) >= 11 is 0. The number of carbonyl (C=O) groups is 1. The van der Waals surface area contributed by atoms with Gasteiger partial charge in [-0.25, -0.2) is 4.39 Å². The van der Waals surface area contributed by atoms with Gasteiger partial charge < -0.3 is 14.8 Å². The number of methoxy groups -OCH3 is 1. The molecule has 0 aromatic heterocycles. The molecule has 5 atom stereocenters. The summed E-state index contributed by atoms with van der Waals surface area (Å²) in [6, 6.07) is 4.86. The molecule has 1 aliphatic carbocycles. The number of ether oxygens (including phenoxy) is 2. The molecule has 1 saturated heterocycles. The van der Waals surface area contributed by atoms with E-state index in [-0.39, 0.29) is 29.7 Å². The van der Waals surface area contributed by atoms with Crippen LogP contribution in [-0.4, -0.2) is 24.7 Å². The number of carbonyl (C=O) groups excluding carboxylic acids is 1. The number of amides is 1. The van der Waals surface area contributed by atoms with E-state index in [1.54, 1.807) is 19.2 Å². The van der Waals surface area contributed by atoms with Crippen LogP contribution in [0.3, 0.4) is 0 Å². The molecule has 0 radical (unpaired) electrons. The largest absolute Gasteiger partial charge is 0.496 e. The van der Waals surface area contributed by atoms with E-state index in [4.69, 9.17) is 9.47 Å². The topological polar surface area (TPSA) is 47.6 Å². The van der Waals surface area contributed by atoms with Crippen LogP contribution in [0.4, 0.5) is 4.39 Å². The molecule has 0 unspecified atom stereocenters. The smallest absolute Gasteiger partial charge is 0.222 e. The minimum absolute atomic E-state index is 0.00859. The number of rotatable bonds is 4. The van der Waals surface area contributed by atoms with Crippen molar-refractivity contribution in [3.63, 3.8) is 0 Å². The van der Waals surface area contributed by atoms with Crippen LogP contribution in [0.25, 0.3) is 0 Å². The normalized spacial score (nSPS) is 33.4. The monoisotopic (exact) mass is 377 g/mol. The summed E-state index contributed by atoms with van der Waals surface area (Å²) in [6.07, 6.45) is 3.19. The van der Waals surface area contributed by atoms with Crippen LogP contribution in [0.15, 0.2) is 18.2 Å². The van der Waals surface area contributed by atoms with Gasteiger partial charge in [0.05, 0.1) is 24.9 Å². The maximum Gasteiger partial charge on any atom is 0.222 e. The van der Waals surface area contributed by atoms with Crippen molar-refractivity contribution < 1.29 is 18.7 Å². The molecule has 150 valence electrons. The highest BCUT2D eigenvalue weighted by molar-refractivity contribution is 5.78. The van der Waals surface area contributed by atoms with Gasteiger partial charge in [-0.1, -0.05) is 33.3 Å². The summed E-state index contributed by atoms with van der Waals surface area (Å²) in [4.78, 5) is 12.5. The Bertz CT molecular complexity index is 692. The van der Waals surface area contributed by atoms with Gasteiger partial charge in [0.25, 0.3) is 0 Å². The van der Waals surface area contributed by atoms with Gasteiger partial charge in [-0.3, -0.25) is 4.79 Å². The zero-order valence-electron chi connectivity index (χ0n) is 17.0. The fraction of sp³-hybridized carbons (Fsp3) is 0.682. The summed E-state index contributed by atoms with van der Waals surface area (Å²) in [6.45, 7) is 8.13. The molecule has 1 N–H and O–H groups in total. The van der Waals surface area contributed by atoms with E-state index in [1.165, 1.54) is 6.07 Å². The lowest BCUT2D eigenvalue weighted by Crippen LogP contribution is -2.61. The third kappa shape index (κ3) is 3.98. The van der Waals surface area contributed by atoms with Crippen molar-refractivity contribution in [3.8, 4) is 5.75 Å². The first-order chi connectivity index (χ1) is 12.7. The molecule has 1 aromatic rings. The van der Waals surface area contributed by atoms with Crippen molar-refractivity contribution in [3.05, 3.63) is 29.6 Å². The molecular formula is C22H32FNO3. The number of halogens is 1. The fourth-order valence-corrected chi connectivity index (χ4v) is 4.75. The zero-order valence-corrected chi connectivity index (χ0v) is 17.0. The molecule has 5 heteroatoms. The standard InChI is InChI=1S/C22H32FNO3/c1-13(2)21(25)24-22(4)12-19(20-16(23)7-6-8-17(20)26-5)27-18-11-14(3)9-10-15(18)22/h6-8,13-15,18-19H,9-12H2,1-5H3,(H,24,25)/t14-,15-,18-,19-,22-/m1/s1. The van der Waals surface area contributed by atoms with Gasteiger partial charge in [0.2, 0.25) is 5.91 Å². The van der Waals surface area contributed by atoms with E-state index in [0.29, 0.717) is 23.7 Å². The summed E-state index contributed by atoms with van der Waals surface area (Å²) < 4.78 is 26.6. The lowest BCUT2D eigenvalue weighted by molar-refractivity contribution is -0.155. The molecule has 27 heavy (non-hydrogen) atoms. The summed E-state index contributed by atoms with van der Waals surface area (Å²) in [5, 5.41) is 3.28. The minimum Gasteiger partial charge on any atom is -0.496 e. The van der Waals surface area contributed by atoms with Gasteiger partial charge >= 0.3 is 0 Å². The van der Waals surface area contributed by atoms with E-state index in [2.05, 4.69) is 19.2 Å². The molecule has 0 bridgehead atoms. The van der Waals surface area contributed by atoms with E-state index < -0.39 is 11.6 Å².